The zero-order valence-electron chi connectivity index (χ0n) is 20.4. The van der Waals surface area contributed by atoms with Crippen molar-refractivity contribution < 1.29 is 9.59 Å². The molecule has 2 unspecified atom stereocenters. The highest BCUT2D eigenvalue weighted by atomic mass is 16.2. The predicted molar refractivity (Wildman–Crippen MR) is 129 cm³/mol. The Morgan fingerprint density at radius 2 is 1.69 bits per heavy atom. The van der Waals surface area contributed by atoms with Crippen molar-refractivity contribution in [3.05, 3.63) is 0 Å². The zero-order valence-corrected chi connectivity index (χ0v) is 20.4. The maximum atomic E-state index is 12.4. The van der Waals surface area contributed by atoms with Crippen LogP contribution in [-0.2, 0) is 9.59 Å². The second-order valence-corrected chi connectivity index (χ2v) is 9.92. The first-order valence-electron chi connectivity index (χ1n) is 12.8. The Kier molecular flexibility index (Phi) is 9.63. The van der Waals surface area contributed by atoms with Crippen molar-refractivity contribution in [3.8, 4) is 0 Å². The first-order chi connectivity index (χ1) is 15.5. The third-order valence-electron chi connectivity index (χ3n) is 6.99. The molecule has 0 bridgehead atoms. The van der Waals surface area contributed by atoms with E-state index in [9.17, 15) is 9.59 Å². The van der Waals surface area contributed by atoms with Gasteiger partial charge in [0.1, 0.15) is 0 Å². The van der Waals surface area contributed by atoms with Crippen molar-refractivity contribution in [1.82, 2.24) is 25.8 Å². The molecule has 0 aromatic rings. The summed E-state index contributed by atoms with van der Waals surface area (Å²) in [4.78, 5) is 34.1. The predicted octanol–water partition coefficient (Wildman–Crippen LogP) is 1.57. The zero-order chi connectivity index (χ0) is 22.9. The fraction of sp³-hybridized carbons (Fsp3) is 0.875. The van der Waals surface area contributed by atoms with E-state index in [2.05, 4.69) is 32.7 Å². The van der Waals surface area contributed by atoms with E-state index < -0.39 is 0 Å². The molecule has 3 rings (SSSR count). The molecule has 32 heavy (non-hydrogen) atoms. The molecule has 1 saturated heterocycles. The largest absolute Gasteiger partial charge is 0.357 e. The van der Waals surface area contributed by atoms with Gasteiger partial charge in [0.15, 0.2) is 5.96 Å². The number of carbonyl (C=O) groups is 2. The van der Waals surface area contributed by atoms with Gasteiger partial charge < -0.3 is 20.9 Å². The van der Waals surface area contributed by atoms with Gasteiger partial charge in [0, 0.05) is 63.2 Å². The molecule has 0 spiro atoms. The summed E-state index contributed by atoms with van der Waals surface area (Å²) in [5, 5.41) is 9.99. The summed E-state index contributed by atoms with van der Waals surface area (Å²) < 4.78 is 0. The SMILES string of the molecule is CCNC(=NCCN1CCN(C(=O)C2CCC2)CC1)NC1CCCC(C(=O)NC(C)C)C1. The monoisotopic (exact) mass is 448 g/mol. The molecule has 3 fully saturated rings. The van der Waals surface area contributed by atoms with E-state index in [-0.39, 0.29) is 23.9 Å². The van der Waals surface area contributed by atoms with Crippen LogP contribution in [0.1, 0.15) is 65.7 Å². The van der Waals surface area contributed by atoms with E-state index in [1.54, 1.807) is 0 Å². The number of guanidine groups is 1. The van der Waals surface area contributed by atoms with Gasteiger partial charge in [0.2, 0.25) is 11.8 Å². The van der Waals surface area contributed by atoms with Crippen LogP contribution in [0.3, 0.4) is 0 Å². The maximum Gasteiger partial charge on any atom is 0.225 e. The minimum absolute atomic E-state index is 0.0884. The number of hydrogen-bond acceptors (Lipinski definition) is 4. The Hall–Kier alpha value is -1.83. The first kappa shape index (κ1) is 24.8. The van der Waals surface area contributed by atoms with Gasteiger partial charge in [0.25, 0.3) is 0 Å². The van der Waals surface area contributed by atoms with Crippen LogP contribution in [0.25, 0.3) is 0 Å². The summed E-state index contributed by atoms with van der Waals surface area (Å²) in [6.45, 7) is 12.1. The molecule has 1 heterocycles. The van der Waals surface area contributed by atoms with Gasteiger partial charge in [-0.1, -0.05) is 12.8 Å². The quantitative estimate of drug-likeness (QED) is 0.387. The van der Waals surface area contributed by atoms with Gasteiger partial charge in [0.05, 0.1) is 6.54 Å². The number of nitrogens with one attached hydrogen (secondary N) is 3. The summed E-state index contributed by atoms with van der Waals surface area (Å²) in [6.07, 6.45) is 7.35. The molecule has 2 amide bonds. The van der Waals surface area contributed by atoms with Crippen LogP contribution in [-0.4, -0.2) is 85.5 Å². The first-order valence-corrected chi connectivity index (χ1v) is 12.8. The third kappa shape index (κ3) is 7.36. The minimum atomic E-state index is 0.0884. The lowest BCUT2D eigenvalue weighted by Crippen LogP contribution is -2.51. The van der Waals surface area contributed by atoms with E-state index >= 15 is 0 Å². The highest BCUT2D eigenvalue weighted by Crippen LogP contribution is 2.28. The van der Waals surface area contributed by atoms with Gasteiger partial charge in [-0.25, -0.2) is 0 Å². The molecule has 0 radical (unpaired) electrons. The summed E-state index contributed by atoms with van der Waals surface area (Å²) in [7, 11) is 0. The van der Waals surface area contributed by atoms with Crippen molar-refractivity contribution in [2.75, 3.05) is 45.8 Å². The average Bonchev–Trinajstić information content (AvgIpc) is 2.73. The lowest BCUT2D eigenvalue weighted by Gasteiger charge is -2.38. The normalized spacial score (nSPS) is 25.4. The van der Waals surface area contributed by atoms with Crippen LogP contribution >= 0.6 is 0 Å². The van der Waals surface area contributed by atoms with E-state index in [0.717, 1.165) is 90.3 Å². The van der Waals surface area contributed by atoms with Crippen molar-refractivity contribution >= 4 is 17.8 Å². The fourth-order valence-electron chi connectivity index (χ4n) is 4.88. The van der Waals surface area contributed by atoms with Crippen molar-refractivity contribution in [2.24, 2.45) is 16.8 Å². The van der Waals surface area contributed by atoms with Crippen LogP contribution in [0.4, 0.5) is 0 Å². The van der Waals surface area contributed by atoms with Crippen LogP contribution in [0, 0.1) is 11.8 Å². The van der Waals surface area contributed by atoms with E-state index in [0.29, 0.717) is 11.8 Å². The molecule has 0 aromatic carbocycles. The minimum Gasteiger partial charge on any atom is -0.357 e. The molecular formula is C24H44N6O2. The smallest absolute Gasteiger partial charge is 0.225 e. The fourth-order valence-corrected chi connectivity index (χ4v) is 4.88. The standard InChI is InChI=1S/C24H44N6O2/c1-4-25-24(28-21-10-6-9-20(17-21)22(31)27-18(2)3)26-11-12-29-13-15-30(16-14-29)23(32)19-7-5-8-19/h18-21H,4-17H2,1-3H3,(H,27,31)(H2,25,26,28). The molecule has 3 N–H and O–H groups in total. The molecule has 182 valence electrons. The maximum absolute atomic E-state index is 12.4. The molecule has 8 nitrogen and oxygen atoms in total. The van der Waals surface area contributed by atoms with Gasteiger partial charge >= 0.3 is 0 Å². The number of amides is 2. The Morgan fingerprint density at radius 1 is 1.00 bits per heavy atom. The molecule has 2 saturated carbocycles. The Bertz CT molecular complexity index is 640. The lowest BCUT2D eigenvalue weighted by molar-refractivity contribution is -0.139. The van der Waals surface area contributed by atoms with Gasteiger partial charge in [-0.2, -0.15) is 0 Å². The highest BCUT2D eigenvalue weighted by molar-refractivity contribution is 5.81. The van der Waals surface area contributed by atoms with Crippen molar-refractivity contribution in [1.29, 1.82) is 0 Å². The second-order valence-electron chi connectivity index (χ2n) is 9.92. The van der Waals surface area contributed by atoms with E-state index in [4.69, 9.17) is 4.99 Å². The average molecular weight is 449 g/mol. The van der Waals surface area contributed by atoms with Gasteiger partial charge in [-0.3, -0.25) is 19.5 Å². The molecule has 2 atom stereocenters. The summed E-state index contributed by atoms with van der Waals surface area (Å²) >= 11 is 0. The van der Waals surface area contributed by atoms with Gasteiger partial charge in [-0.05, 0) is 52.9 Å². The van der Waals surface area contributed by atoms with E-state index in [1.807, 2.05) is 13.8 Å². The van der Waals surface area contributed by atoms with E-state index in [1.165, 1.54) is 6.42 Å². The topological polar surface area (TPSA) is 89.1 Å². The summed E-state index contributed by atoms with van der Waals surface area (Å²) in [5.74, 6) is 1.80. The summed E-state index contributed by atoms with van der Waals surface area (Å²) in [6, 6.07) is 0.471. The van der Waals surface area contributed by atoms with Crippen LogP contribution in [0.15, 0.2) is 4.99 Å². The highest BCUT2D eigenvalue weighted by Gasteiger charge is 2.31. The molecule has 2 aliphatic carbocycles. The lowest BCUT2D eigenvalue weighted by atomic mass is 9.84. The molecule has 3 aliphatic rings. The number of piperazine rings is 1. The van der Waals surface area contributed by atoms with Crippen molar-refractivity contribution in [2.45, 2.75) is 77.8 Å². The molecule has 0 aromatic heterocycles. The second kappa shape index (κ2) is 12.4. The molecule has 8 heteroatoms. The molecule has 1 aliphatic heterocycles. The molecular weight excluding hydrogens is 404 g/mol. The Morgan fingerprint density at radius 3 is 2.31 bits per heavy atom. The van der Waals surface area contributed by atoms with Crippen LogP contribution < -0.4 is 16.0 Å². The Labute approximate surface area is 194 Å². The van der Waals surface area contributed by atoms with Crippen LogP contribution in [0.5, 0.6) is 0 Å². The number of carbonyl (C=O) groups excluding carboxylic acids is 2. The number of aliphatic imine (C=N–C) groups is 1. The summed E-state index contributed by atoms with van der Waals surface area (Å²) in [5.41, 5.74) is 0. The van der Waals surface area contributed by atoms with Gasteiger partial charge in [-0.15, -0.1) is 0 Å². The number of rotatable bonds is 8. The number of hydrogen-bond donors (Lipinski definition) is 3. The Balaban J connectivity index is 1.40. The number of nitrogens with zero attached hydrogens (tertiary/aromatic N) is 3. The van der Waals surface area contributed by atoms with Crippen molar-refractivity contribution in [3.63, 3.8) is 0 Å². The van der Waals surface area contributed by atoms with Crippen LogP contribution in [0.2, 0.25) is 0 Å². The third-order valence-corrected chi connectivity index (χ3v) is 6.99.